The van der Waals surface area contributed by atoms with Crippen molar-refractivity contribution in [2.24, 2.45) is 5.41 Å². The maximum absolute atomic E-state index is 9.53. The van der Waals surface area contributed by atoms with Crippen molar-refractivity contribution >= 4 is 11.5 Å². The van der Waals surface area contributed by atoms with E-state index >= 15 is 0 Å². The van der Waals surface area contributed by atoms with Crippen molar-refractivity contribution in [3.8, 4) is 0 Å². The molecule has 2 heterocycles. The lowest BCUT2D eigenvalue weighted by Gasteiger charge is -2.29. The predicted molar refractivity (Wildman–Crippen MR) is 67.2 cm³/mol. The first-order valence-electron chi connectivity index (χ1n) is 6.11. The number of fused-ring (bicyclic) bond motifs is 1. The fourth-order valence-electron chi connectivity index (χ4n) is 1.85. The second-order valence-corrected chi connectivity index (χ2v) is 4.46. The summed E-state index contributed by atoms with van der Waals surface area (Å²) < 4.78 is 1.60. The minimum atomic E-state index is -0.115. The average Bonchev–Trinajstić information content (AvgIpc) is 2.90. The third-order valence-electron chi connectivity index (χ3n) is 3.59. The molecule has 98 valence electrons. The summed E-state index contributed by atoms with van der Waals surface area (Å²) in [5.74, 6) is 0.734. The van der Waals surface area contributed by atoms with Gasteiger partial charge in [-0.3, -0.25) is 4.98 Å². The summed E-state index contributed by atoms with van der Waals surface area (Å²) in [6.07, 6.45) is 5.10. The lowest BCUT2D eigenvalue weighted by atomic mass is 9.83. The minimum absolute atomic E-state index is 0.115. The van der Waals surface area contributed by atoms with Crippen LogP contribution in [0.2, 0.25) is 0 Å². The molecule has 0 spiro atoms. The van der Waals surface area contributed by atoms with Crippen LogP contribution in [0.25, 0.3) is 5.65 Å². The van der Waals surface area contributed by atoms with Crippen LogP contribution in [0.4, 0.5) is 5.82 Å². The van der Waals surface area contributed by atoms with E-state index in [4.69, 9.17) is 0 Å². The summed E-state index contributed by atoms with van der Waals surface area (Å²) >= 11 is 0. The van der Waals surface area contributed by atoms with Gasteiger partial charge in [-0.2, -0.15) is 4.52 Å². The van der Waals surface area contributed by atoms with Gasteiger partial charge in [0.15, 0.2) is 5.65 Å². The molecule has 0 radical (unpaired) electrons. The van der Waals surface area contributed by atoms with Crippen LogP contribution in [0.15, 0.2) is 12.4 Å². The fraction of sp³-hybridized carbons (Fsp3) is 0.636. The van der Waals surface area contributed by atoms with E-state index in [9.17, 15) is 5.11 Å². The Morgan fingerprint density at radius 1 is 1.33 bits per heavy atom. The Balaban J connectivity index is 2.17. The van der Waals surface area contributed by atoms with E-state index in [-0.39, 0.29) is 12.0 Å². The second-order valence-electron chi connectivity index (χ2n) is 4.46. The molecule has 0 aliphatic carbocycles. The summed E-state index contributed by atoms with van der Waals surface area (Å²) in [5.41, 5.74) is 0.485. The molecule has 0 saturated heterocycles. The van der Waals surface area contributed by atoms with Crippen molar-refractivity contribution in [1.29, 1.82) is 0 Å². The zero-order chi connectivity index (χ0) is 13.0. The van der Waals surface area contributed by atoms with Crippen LogP contribution in [0.5, 0.6) is 0 Å². The summed E-state index contributed by atoms with van der Waals surface area (Å²) in [4.78, 5) is 4.07. The lowest BCUT2D eigenvalue weighted by Crippen LogP contribution is -2.32. The Morgan fingerprint density at radius 3 is 2.78 bits per heavy atom. The molecule has 0 atom stereocenters. The normalized spacial score (nSPS) is 11.9. The molecule has 0 aliphatic heterocycles. The number of aromatic nitrogens is 5. The van der Waals surface area contributed by atoms with Crippen molar-refractivity contribution in [3.05, 3.63) is 12.4 Å². The maximum Gasteiger partial charge on any atom is 0.199 e. The van der Waals surface area contributed by atoms with E-state index in [1.165, 1.54) is 0 Å². The molecule has 7 nitrogen and oxygen atoms in total. The molecular formula is C11H18N6O. The molecule has 0 unspecified atom stereocenters. The van der Waals surface area contributed by atoms with Crippen LogP contribution in [0.3, 0.4) is 0 Å². The van der Waals surface area contributed by atoms with Crippen molar-refractivity contribution < 1.29 is 5.11 Å². The number of rotatable bonds is 6. The first-order chi connectivity index (χ1) is 8.74. The van der Waals surface area contributed by atoms with Gasteiger partial charge in [0.25, 0.3) is 0 Å². The number of hydrogen-bond acceptors (Lipinski definition) is 6. The van der Waals surface area contributed by atoms with Crippen LogP contribution < -0.4 is 5.32 Å². The quantitative estimate of drug-likeness (QED) is 0.785. The van der Waals surface area contributed by atoms with E-state index in [0.29, 0.717) is 12.2 Å². The van der Waals surface area contributed by atoms with Crippen LogP contribution in [-0.4, -0.2) is 43.3 Å². The number of anilines is 1. The maximum atomic E-state index is 9.53. The molecule has 0 fully saturated rings. The van der Waals surface area contributed by atoms with Crippen molar-refractivity contribution in [2.45, 2.75) is 26.7 Å². The topological polar surface area (TPSA) is 88.2 Å². The molecule has 2 N–H and O–H groups in total. The Hall–Kier alpha value is -1.76. The predicted octanol–water partition coefficient (Wildman–Crippen LogP) is 0.730. The van der Waals surface area contributed by atoms with Gasteiger partial charge in [-0.25, -0.2) is 0 Å². The molecule has 18 heavy (non-hydrogen) atoms. The average molecular weight is 250 g/mol. The second kappa shape index (κ2) is 5.26. The van der Waals surface area contributed by atoms with E-state index in [2.05, 4.69) is 39.7 Å². The lowest BCUT2D eigenvalue weighted by molar-refractivity contribution is 0.127. The van der Waals surface area contributed by atoms with E-state index in [1.54, 1.807) is 16.9 Å². The Bertz CT molecular complexity index is 499. The van der Waals surface area contributed by atoms with E-state index in [1.807, 2.05) is 0 Å². The smallest absolute Gasteiger partial charge is 0.199 e. The highest BCUT2D eigenvalue weighted by atomic mass is 16.3. The molecule has 0 aliphatic rings. The highest BCUT2D eigenvalue weighted by Gasteiger charge is 2.25. The first-order valence-corrected chi connectivity index (χ1v) is 6.11. The van der Waals surface area contributed by atoms with Crippen molar-refractivity contribution in [1.82, 2.24) is 25.0 Å². The summed E-state index contributed by atoms with van der Waals surface area (Å²) in [7, 11) is 0. The molecule has 0 saturated carbocycles. The number of hydrogen-bond donors (Lipinski definition) is 2. The highest BCUT2D eigenvalue weighted by molar-refractivity contribution is 5.43. The molecule has 2 rings (SSSR count). The summed E-state index contributed by atoms with van der Waals surface area (Å²) in [5, 5.41) is 24.1. The van der Waals surface area contributed by atoms with Gasteiger partial charge in [-0.15, -0.1) is 5.10 Å². The monoisotopic (exact) mass is 250 g/mol. The number of nitrogens with zero attached hydrogens (tertiary/aromatic N) is 5. The van der Waals surface area contributed by atoms with Gasteiger partial charge in [-0.05, 0) is 23.3 Å². The third kappa shape index (κ3) is 2.26. The van der Waals surface area contributed by atoms with Crippen LogP contribution in [0.1, 0.15) is 26.7 Å². The number of tetrazole rings is 1. The molecule has 2 aromatic rings. The number of aliphatic hydroxyl groups is 1. The standard InChI is InChI=1S/C11H18N6O/c1-3-11(4-2,8-18)7-13-9-5-12-6-10-14-15-16-17(9)10/h5-6,13,18H,3-4,7-8H2,1-2H3. The van der Waals surface area contributed by atoms with Gasteiger partial charge >= 0.3 is 0 Å². The van der Waals surface area contributed by atoms with E-state index in [0.717, 1.165) is 18.7 Å². The number of nitrogens with one attached hydrogen (secondary N) is 1. The van der Waals surface area contributed by atoms with Gasteiger partial charge in [0.2, 0.25) is 0 Å². The summed E-state index contributed by atoms with van der Waals surface area (Å²) in [6.45, 7) is 4.98. The Kier molecular flexibility index (Phi) is 3.71. The molecule has 2 aromatic heterocycles. The zero-order valence-electron chi connectivity index (χ0n) is 10.7. The third-order valence-corrected chi connectivity index (χ3v) is 3.59. The van der Waals surface area contributed by atoms with Gasteiger partial charge in [0, 0.05) is 12.0 Å². The van der Waals surface area contributed by atoms with E-state index < -0.39 is 0 Å². The van der Waals surface area contributed by atoms with Gasteiger partial charge in [0.1, 0.15) is 5.82 Å². The van der Waals surface area contributed by atoms with Crippen LogP contribution >= 0.6 is 0 Å². The Labute approximate surface area is 105 Å². The molecule has 0 aromatic carbocycles. The minimum Gasteiger partial charge on any atom is -0.396 e. The van der Waals surface area contributed by atoms with Gasteiger partial charge < -0.3 is 10.4 Å². The highest BCUT2D eigenvalue weighted by Crippen LogP contribution is 2.25. The van der Waals surface area contributed by atoms with Gasteiger partial charge in [-0.1, -0.05) is 13.8 Å². The molecule has 0 amide bonds. The number of aliphatic hydroxyl groups excluding tert-OH is 1. The molecule has 7 heteroatoms. The molecule has 0 bridgehead atoms. The SMILES string of the molecule is CCC(CC)(CO)CNc1cncc2nnnn12. The Morgan fingerprint density at radius 2 is 2.11 bits per heavy atom. The van der Waals surface area contributed by atoms with Crippen molar-refractivity contribution in [2.75, 3.05) is 18.5 Å². The van der Waals surface area contributed by atoms with Crippen molar-refractivity contribution in [3.63, 3.8) is 0 Å². The summed E-state index contributed by atoms with van der Waals surface area (Å²) in [6, 6.07) is 0. The van der Waals surface area contributed by atoms with Gasteiger partial charge in [0.05, 0.1) is 19.0 Å². The first kappa shape index (κ1) is 12.7. The van der Waals surface area contributed by atoms with Crippen LogP contribution in [0, 0.1) is 5.41 Å². The zero-order valence-corrected chi connectivity index (χ0v) is 10.7. The fourth-order valence-corrected chi connectivity index (χ4v) is 1.85. The van der Waals surface area contributed by atoms with Crippen LogP contribution in [-0.2, 0) is 0 Å². The largest absolute Gasteiger partial charge is 0.396 e. The molecular weight excluding hydrogens is 232 g/mol.